The minimum absolute atomic E-state index is 0.0762. The van der Waals surface area contributed by atoms with Gasteiger partial charge in [-0.05, 0) is 38.8 Å². The molecule has 1 N–H and O–H groups in total. The molecular formula is C18H23NO3. The molecule has 2 aromatic rings. The van der Waals surface area contributed by atoms with Crippen LogP contribution in [0.5, 0.6) is 0 Å². The Hall–Kier alpha value is -1.65. The monoisotopic (exact) mass is 301 g/mol. The number of hydrogen-bond donors (Lipinski definition) is 1. The highest BCUT2D eigenvalue weighted by Crippen LogP contribution is 2.25. The normalized spacial score (nSPS) is 22.0. The maximum Gasteiger partial charge on any atom is 0.226 e. The Kier molecular flexibility index (Phi) is 4.60. The van der Waals surface area contributed by atoms with E-state index < -0.39 is 0 Å². The number of oxazole rings is 1. The summed E-state index contributed by atoms with van der Waals surface area (Å²) in [4.78, 5) is 4.55. The van der Waals surface area contributed by atoms with E-state index in [-0.39, 0.29) is 12.2 Å². The first kappa shape index (κ1) is 15.3. The Labute approximate surface area is 131 Å². The molecule has 0 bridgehead atoms. The lowest BCUT2D eigenvalue weighted by molar-refractivity contribution is -0.0671. The van der Waals surface area contributed by atoms with Crippen LogP contribution in [0.3, 0.4) is 0 Å². The van der Waals surface area contributed by atoms with E-state index in [1.165, 1.54) is 5.56 Å². The van der Waals surface area contributed by atoms with Crippen molar-refractivity contribution in [2.75, 3.05) is 0 Å². The van der Waals surface area contributed by atoms with Gasteiger partial charge in [0.25, 0.3) is 0 Å². The Morgan fingerprint density at radius 1 is 1.18 bits per heavy atom. The van der Waals surface area contributed by atoms with E-state index in [9.17, 15) is 5.11 Å². The second-order valence-corrected chi connectivity index (χ2v) is 6.09. The van der Waals surface area contributed by atoms with Gasteiger partial charge in [0.05, 0.1) is 18.8 Å². The van der Waals surface area contributed by atoms with Crippen LogP contribution in [0.25, 0.3) is 11.5 Å². The van der Waals surface area contributed by atoms with Crippen LogP contribution in [0.4, 0.5) is 0 Å². The molecule has 118 valence electrons. The van der Waals surface area contributed by atoms with E-state index in [0.29, 0.717) is 12.5 Å². The van der Waals surface area contributed by atoms with Crippen LogP contribution in [0.1, 0.15) is 42.7 Å². The summed E-state index contributed by atoms with van der Waals surface area (Å²) >= 11 is 0. The standard InChI is InChI=1S/C18H23NO3/c1-12-7-9-14(10-8-12)18-19-15(13(2)22-18)11-21-17-6-4-3-5-16(17)20/h7-10,16-17,20H,3-6,11H2,1-2H3/t16-,17+/m1/s1. The largest absolute Gasteiger partial charge is 0.441 e. The number of benzene rings is 1. The number of aromatic nitrogens is 1. The van der Waals surface area contributed by atoms with Crippen LogP contribution in [0, 0.1) is 13.8 Å². The van der Waals surface area contributed by atoms with Gasteiger partial charge in [0.2, 0.25) is 5.89 Å². The Morgan fingerprint density at radius 3 is 2.64 bits per heavy atom. The van der Waals surface area contributed by atoms with Gasteiger partial charge >= 0.3 is 0 Å². The number of aryl methyl sites for hydroxylation is 2. The molecule has 0 spiro atoms. The molecular weight excluding hydrogens is 278 g/mol. The van der Waals surface area contributed by atoms with E-state index in [1.54, 1.807) is 0 Å². The SMILES string of the molecule is Cc1ccc(-c2nc(CO[C@H]3CCCC[C@H]3O)c(C)o2)cc1. The molecule has 0 amide bonds. The van der Waals surface area contributed by atoms with Crippen molar-refractivity contribution in [2.45, 2.75) is 58.3 Å². The lowest BCUT2D eigenvalue weighted by atomic mass is 9.95. The van der Waals surface area contributed by atoms with E-state index in [2.05, 4.69) is 11.9 Å². The van der Waals surface area contributed by atoms with Gasteiger partial charge in [-0.15, -0.1) is 0 Å². The molecule has 22 heavy (non-hydrogen) atoms. The third kappa shape index (κ3) is 3.39. The smallest absolute Gasteiger partial charge is 0.226 e. The van der Waals surface area contributed by atoms with Crippen molar-refractivity contribution >= 4 is 0 Å². The van der Waals surface area contributed by atoms with Gasteiger partial charge in [-0.1, -0.05) is 30.5 Å². The Morgan fingerprint density at radius 2 is 1.91 bits per heavy atom. The van der Waals surface area contributed by atoms with E-state index in [4.69, 9.17) is 9.15 Å². The van der Waals surface area contributed by atoms with Gasteiger partial charge in [0, 0.05) is 5.56 Å². The quantitative estimate of drug-likeness (QED) is 0.933. The Balaban J connectivity index is 1.68. The maximum atomic E-state index is 9.96. The third-order valence-electron chi connectivity index (χ3n) is 4.29. The maximum absolute atomic E-state index is 9.96. The molecule has 1 aliphatic carbocycles. The lowest BCUT2D eigenvalue weighted by Gasteiger charge is -2.27. The molecule has 1 fully saturated rings. The molecule has 0 aliphatic heterocycles. The van der Waals surface area contributed by atoms with Crippen LogP contribution in [-0.4, -0.2) is 22.3 Å². The summed E-state index contributed by atoms with van der Waals surface area (Å²) in [5.74, 6) is 1.40. The minimum atomic E-state index is -0.350. The van der Waals surface area contributed by atoms with E-state index in [1.807, 2.05) is 31.2 Å². The van der Waals surface area contributed by atoms with Crippen LogP contribution < -0.4 is 0 Å². The predicted molar refractivity (Wildman–Crippen MR) is 84.5 cm³/mol. The molecule has 2 atom stereocenters. The fourth-order valence-corrected chi connectivity index (χ4v) is 2.84. The molecule has 1 heterocycles. The molecule has 1 aromatic carbocycles. The number of hydrogen-bond acceptors (Lipinski definition) is 4. The first-order valence-electron chi connectivity index (χ1n) is 7.96. The van der Waals surface area contributed by atoms with E-state index >= 15 is 0 Å². The average molecular weight is 301 g/mol. The molecule has 0 radical (unpaired) electrons. The van der Waals surface area contributed by atoms with Crippen LogP contribution in [0.15, 0.2) is 28.7 Å². The molecule has 1 aromatic heterocycles. The van der Waals surface area contributed by atoms with E-state index in [0.717, 1.165) is 42.7 Å². The molecule has 4 heteroatoms. The van der Waals surface area contributed by atoms with Gasteiger partial charge in [-0.25, -0.2) is 4.98 Å². The summed E-state index contributed by atoms with van der Waals surface area (Å²) in [5.41, 5.74) is 2.99. The van der Waals surface area contributed by atoms with Crippen LogP contribution in [0.2, 0.25) is 0 Å². The van der Waals surface area contributed by atoms with Crippen LogP contribution >= 0.6 is 0 Å². The summed E-state index contributed by atoms with van der Waals surface area (Å²) in [7, 11) is 0. The second kappa shape index (κ2) is 6.63. The van der Waals surface area contributed by atoms with Gasteiger partial charge in [-0.2, -0.15) is 0 Å². The summed E-state index contributed by atoms with van der Waals surface area (Å²) in [6.07, 6.45) is 3.53. The third-order valence-corrected chi connectivity index (χ3v) is 4.29. The average Bonchev–Trinajstić information content (AvgIpc) is 2.88. The van der Waals surface area contributed by atoms with Crippen molar-refractivity contribution in [3.63, 3.8) is 0 Å². The summed E-state index contributed by atoms with van der Waals surface area (Å²) in [6.45, 7) is 4.35. The topological polar surface area (TPSA) is 55.5 Å². The number of aliphatic hydroxyl groups is 1. The highest BCUT2D eigenvalue weighted by molar-refractivity contribution is 5.54. The summed E-state index contributed by atoms with van der Waals surface area (Å²) in [5, 5.41) is 9.96. The summed E-state index contributed by atoms with van der Waals surface area (Å²) < 4.78 is 11.6. The molecule has 0 saturated heterocycles. The first-order valence-corrected chi connectivity index (χ1v) is 7.96. The summed E-state index contributed by atoms with van der Waals surface area (Å²) in [6, 6.07) is 8.11. The number of nitrogens with zero attached hydrogens (tertiary/aromatic N) is 1. The zero-order valence-corrected chi connectivity index (χ0v) is 13.2. The minimum Gasteiger partial charge on any atom is -0.441 e. The van der Waals surface area contributed by atoms with Gasteiger partial charge in [0.15, 0.2) is 0 Å². The fraction of sp³-hybridized carbons (Fsp3) is 0.500. The second-order valence-electron chi connectivity index (χ2n) is 6.09. The lowest BCUT2D eigenvalue weighted by Crippen LogP contribution is -2.32. The molecule has 0 unspecified atom stereocenters. The molecule has 3 rings (SSSR count). The molecule has 1 saturated carbocycles. The Bertz CT molecular complexity index is 618. The zero-order chi connectivity index (χ0) is 15.5. The van der Waals surface area contributed by atoms with Gasteiger partial charge in [0.1, 0.15) is 11.5 Å². The number of aliphatic hydroxyl groups excluding tert-OH is 1. The van der Waals surface area contributed by atoms with Gasteiger partial charge < -0.3 is 14.3 Å². The van der Waals surface area contributed by atoms with Crippen molar-refractivity contribution in [3.8, 4) is 11.5 Å². The first-order chi connectivity index (χ1) is 10.6. The number of rotatable bonds is 4. The molecule has 1 aliphatic rings. The number of ether oxygens (including phenoxy) is 1. The fourth-order valence-electron chi connectivity index (χ4n) is 2.84. The predicted octanol–water partition coefficient (Wildman–Crippen LogP) is 3.78. The van der Waals surface area contributed by atoms with Crippen molar-refractivity contribution < 1.29 is 14.3 Å². The highest BCUT2D eigenvalue weighted by atomic mass is 16.5. The van der Waals surface area contributed by atoms with Crippen molar-refractivity contribution in [3.05, 3.63) is 41.3 Å². The van der Waals surface area contributed by atoms with Gasteiger partial charge in [-0.3, -0.25) is 0 Å². The van der Waals surface area contributed by atoms with Crippen LogP contribution in [-0.2, 0) is 11.3 Å². The zero-order valence-electron chi connectivity index (χ0n) is 13.2. The van der Waals surface area contributed by atoms with Crippen molar-refractivity contribution in [1.82, 2.24) is 4.98 Å². The molecule has 4 nitrogen and oxygen atoms in total. The van der Waals surface area contributed by atoms with Crippen molar-refractivity contribution in [1.29, 1.82) is 0 Å². The highest BCUT2D eigenvalue weighted by Gasteiger charge is 2.24. The van der Waals surface area contributed by atoms with Crippen molar-refractivity contribution in [2.24, 2.45) is 0 Å².